The van der Waals surface area contributed by atoms with Gasteiger partial charge in [-0.15, -0.1) is 0 Å². The SMILES string of the molecule is C[C@@H]1C[C@@H](OC[C@@H](S)CN2CCN(c3ccccn3)CC2)CC(C)(C)C1. The van der Waals surface area contributed by atoms with Crippen molar-refractivity contribution < 1.29 is 4.74 Å². The Balaban J connectivity index is 1.37. The van der Waals surface area contributed by atoms with Crippen LogP contribution in [0, 0.1) is 11.3 Å². The average molecular weight is 378 g/mol. The minimum absolute atomic E-state index is 0.289. The van der Waals surface area contributed by atoms with Crippen LogP contribution in [0.1, 0.15) is 40.0 Å². The highest BCUT2D eigenvalue weighted by Gasteiger charge is 2.32. The smallest absolute Gasteiger partial charge is 0.128 e. The van der Waals surface area contributed by atoms with Gasteiger partial charge in [0.25, 0.3) is 0 Å². The number of anilines is 1. The van der Waals surface area contributed by atoms with Crippen LogP contribution in [0.2, 0.25) is 0 Å². The number of nitrogens with zero attached hydrogens (tertiary/aromatic N) is 3. The molecule has 2 fully saturated rings. The Bertz CT molecular complexity index is 545. The highest BCUT2D eigenvalue weighted by Crippen LogP contribution is 2.39. The minimum atomic E-state index is 0.289. The predicted molar refractivity (Wildman–Crippen MR) is 112 cm³/mol. The van der Waals surface area contributed by atoms with Crippen molar-refractivity contribution in [3.63, 3.8) is 0 Å². The number of hydrogen-bond donors (Lipinski definition) is 1. The van der Waals surface area contributed by atoms with E-state index in [1.165, 1.54) is 19.3 Å². The first kappa shape index (κ1) is 20.0. The van der Waals surface area contributed by atoms with Gasteiger partial charge in [0.05, 0.1) is 12.7 Å². The quantitative estimate of drug-likeness (QED) is 0.765. The number of hydrogen-bond acceptors (Lipinski definition) is 5. The molecule has 0 amide bonds. The molecule has 0 aromatic carbocycles. The van der Waals surface area contributed by atoms with Crippen molar-refractivity contribution in [1.82, 2.24) is 9.88 Å². The largest absolute Gasteiger partial charge is 0.377 e. The van der Waals surface area contributed by atoms with Gasteiger partial charge >= 0.3 is 0 Å². The molecule has 2 aliphatic rings. The summed E-state index contributed by atoms with van der Waals surface area (Å²) < 4.78 is 6.26. The van der Waals surface area contributed by atoms with Crippen molar-refractivity contribution in [2.24, 2.45) is 11.3 Å². The molecule has 0 spiro atoms. The number of rotatable bonds is 6. The summed E-state index contributed by atoms with van der Waals surface area (Å²) in [5.41, 5.74) is 0.413. The molecular formula is C21H35N3OS. The summed E-state index contributed by atoms with van der Waals surface area (Å²) >= 11 is 4.81. The van der Waals surface area contributed by atoms with Gasteiger partial charge in [-0.25, -0.2) is 4.98 Å². The van der Waals surface area contributed by atoms with Gasteiger partial charge < -0.3 is 9.64 Å². The normalized spacial score (nSPS) is 28.1. The van der Waals surface area contributed by atoms with Crippen molar-refractivity contribution in [3.05, 3.63) is 24.4 Å². The fraction of sp³-hybridized carbons (Fsp3) is 0.762. The van der Waals surface area contributed by atoms with Crippen molar-refractivity contribution in [1.29, 1.82) is 0 Å². The van der Waals surface area contributed by atoms with E-state index in [4.69, 9.17) is 17.4 Å². The summed E-state index contributed by atoms with van der Waals surface area (Å²) in [4.78, 5) is 9.33. The van der Waals surface area contributed by atoms with Crippen LogP contribution >= 0.6 is 12.6 Å². The summed E-state index contributed by atoms with van der Waals surface area (Å²) in [6.45, 7) is 13.1. The Labute approximate surface area is 164 Å². The second kappa shape index (κ2) is 8.94. The molecule has 5 heteroatoms. The first-order valence-corrected chi connectivity index (χ1v) is 10.6. The van der Waals surface area contributed by atoms with Gasteiger partial charge in [0, 0.05) is 44.2 Å². The number of aromatic nitrogens is 1. The van der Waals surface area contributed by atoms with Crippen LogP contribution in [0.5, 0.6) is 0 Å². The van der Waals surface area contributed by atoms with E-state index in [1.54, 1.807) is 0 Å². The van der Waals surface area contributed by atoms with Crippen molar-refractivity contribution >= 4 is 18.4 Å². The van der Waals surface area contributed by atoms with Gasteiger partial charge in [0.2, 0.25) is 0 Å². The Morgan fingerprint density at radius 1 is 1.23 bits per heavy atom. The Hall–Kier alpha value is -0.780. The van der Waals surface area contributed by atoms with Gasteiger partial charge in [-0.2, -0.15) is 12.6 Å². The molecule has 2 heterocycles. The Morgan fingerprint density at radius 2 is 2.00 bits per heavy atom. The van der Waals surface area contributed by atoms with E-state index in [-0.39, 0.29) is 5.25 Å². The number of thiol groups is 1. The molecule has 1 aliphatic carbocycles. The van der Waals surface area contributed by atoms with E-state index in [0.717, 1.165) is 51.1 Å². The van der Waals surface area contributed by atoms with Crippen molar-refractivity contribution in [2.75, 3.05) is 44.2 Å². The summed E-state index contributed by atoms with van der Waals surface area (Å²) in [6.07, 6.45) is 5.98. The lowest BCUT2D eigenvalue weighted by Crippen LogP contribution is -2.48. The van der Waals surface area contributed by atoms with E-state index in [2.05, 4.69) is 47.7 Å². The molecule has 0 N–H and O–H groups in total. The van der Waals surface area contributed by atoms with Gasteiger partial charge in [0.15, 0.2) is 0 Å². The van der Waals surface area contributed by atoms with E-state index in [0.29, 0.717) is 11.5 Å². The van der Waals surface area contributed by atoms with Gasteiger partial charge in [0.1, 0.15) is 5.82 Å². The van der Waals surface area contributed by atoms with E-state index >= 15 is 0 Å². The molecule has 26 heavy (non-hydrogen) atoms. The molecule has 0 bridgehead atoms. The molecule has 0 radical (unpaired) electrons. The first-order valence-electron chi connectivity index (χ1n) is 10.1. The third kappa shape index (κ3) is 5.86. The molecule has 0 unspecified atom stereocenters. The van der Waals surface area contributed by atoms with E-state index < -0.39 is 0 Å². The lowest BCUT2D eigenvalue weighted by Gasteiger charge is -2.39. The number of ether oxygens (including phenoxy) is 1. The van der Waals surface area contributed by atoms with Crippen LogP contribution in [-0.4, -0.2) is 60.6 Å². The molecular weight excluding hydrogens is 342 g/mol. The zero-order valence-electron chi connectivity index (χ0n) is 16.6. The van der Waals surface area contributed by atoms with Gasteiger partial charge in [-0.1, -0.05) is 26.8 Å². The van der Waals surface area contributed by atoms with Gasteiger partial charge in [-0.3, -0.25) is 4.90 Å². The third-order valence-corrected chi connectivity index (χ3v) is 6.00. The summed E-state index contributed by atoms with van der Waals surface area (Å²) in [5, 5.41) is 0.289. The monoisotopic (exact) mass is 377 g/mol. The molecule has 1 aliphatic heterocycles. The number of pyridine rings is 1. The topological polar surface area (TPSA) is 28.6 Å². The molecule has 1 saturated carbocycles. The maximum absolute atomic E-state index is 6.26. The third-order valence-electron chi connectivity index (χ3n) is 5.69. The number of piperazine rings is 1. The Kier molecular flexibility index (Phi) is 6.87. The predicted octanol–water partition coefficient (Wildman–Crippen LogP) is 3.73. The maximum Gasteiger partial charge on any atom is 0.128 e. The summed E-state index contributed by atoms with van der Waals surface area (Å²) in [6, 6.07) is 6.13. The summed E-state index contributed by atoms with van der Waals surface area (Å²) in [5.74, 6) is 1.86. The standard InChI is InChI=1S/C21H35N3OS/c1-17-12-18(14-21(2,3)13-17)25-16-19(26)15-23-8-10-24(11-9-23)20-6-4-5-7-22-20/h4-7,17-19,26H,8-16H2,1-3H3/t17-,18-,19+/m1/s1. The fourth-order valence-electron chi connectivity index (χ4n) is 4.68. The summed E-state index contributed by atoms with van der Waals surface area (Å²) in [7, 11) is 0. The molecule has 1 aromatic heterocycles. The van der Waals surface area contributed by atoms with Gasteiger partial charge in [-0.05, 0) is 42.7 Å². The molecule has 4 nitrogen and oxygen atoms in total. The molecule has 146 valence electrons. The highest BCUT2D eigenvalue weighted by atomic mass is 32.1. The molecule has 1 aromatic rings. The zero-order chi connectivity index (χ0) is 18.6. The second-order valence-electron chi connectivity index (χ2n) is 9.00. The van der Waals surface area contributed by atoms with E-state index in [9.17, 15) is 0 Å². The molecule has 1 saturated heterocycles. The van der Waals surface area contributed by atoms with Crippen LogP contribution in [0.25, 0.3) is 0 Å². The lowest BCUT2D eigenvalue weighted by molar-refractivity contribution is -0.0237. The zero-order valence-corrected chi connectivity index (χ0v) is 17.5. The fourth-order valence-corrected chi connectivity index (χ4v) is 5.00. The first-order chi connectivity index (χ1) is 12.4. The second-order valence-corrected chi connectivity index (χ2v) is 9.73. The van der Waals surface area contributed by atoms with E-state index in [1.807, 2.05) is 12.3 Å². The minimum Gasteiger partial charge on any atom is -0.377 e. The maximum atomic E-state index is 6.26. The highest BCUT2D eigenvalue weighted by molar-refractivity contribution is 7.81. The van der Waals surface area contributed by atoms with Crippen molar-refractivity contribution in [3.8, 4) is 0 Å². The van der Waals surface area contributed by atoms with Crippen LogP contribution < -0.4 is 4.90 Å². The van der Waals surface area contributed by atoms with Crippen molar-refractivity contribution in [2.45, 2.75) is 51.4 Å². The molecule has 3 atom stereocenters. The van der Waals surface area contributed by atoms with Crippen LogP contribution in [-0.2, 0) is 4.74 Å². The lowest BCUT2D eigenvalue weighted by atomic mass is 9.71. The Morgan fingerprint density at radius 3 is 2.65 bits per heavy atom. The van der Waals surface area contributed by atoms with Crippen LogP contribution in [0.15, 0.2) is 24.4 Å². The average Bonchev–Trinajstić information content (AvgIpc) is 2.60. The van der Waals surface area contributed by atoms with Crippen LogP contribution in [0.4, 0.5) is 5.82 Å². The van der Waals surface area contributed by atoms with Crippen LogP contribution in [0.3, 0.4) is 0 Å². The molecule has 3 rings (SSSR count).